The van der Waals surface area contributed by atoms with Crippen LogP contribution in [-0.4, -0.2) is 9.97 Å². The van der Waals surface area contributed by atoms with E-state index in [-0.39, 0.29) is 5.82 Å². The number of rotatable bonds is 3. The summed E-state index contributed by atoms with van der Waals surface area (Å²) in [7, 11) is 0. The van der Waals surface area contributed by atoms with Crippen molar-refractivity contribution in [2.24, 2.45) is 5.73 Å². The monoisotopic (exact) mass is 207 g/mol. The summed E-state index contributed by atoms with van der Waals surface area (Å²) in [4.78, 5) is 5.78. The van der Waals surface area contributed by atoms with E-state index < -0.39 is 17.9 Å². The lowest BCUT2D eigenvalue weighted by Gasteiger charge is -2.06. The number of hydrogen-bond acceptors (Lipinski definition) is 2. The lowest BCUT2D eigenvalue weighted by atomic mass is 10.2. The summed E-state index contributed by atoms with van der Waals surface area (Å²) < 4.78 is 36.4. The lowest BCUT2D eigenvalue weighted by molar-refractivity contribution is -0.140. The Bertz CT molecular complexity index is 292. The summed E-state index contributed by atoms with van der Waals surface area (Å²) >= 11 is 0. The van der Waals surface area contributed by atoms with E-state index >= 15 is 0 Å². The Kier molecular flexibility index (Phi) is 3.15. The molecule has 0 bridgehead atoms. The second-order valence-corrected chi connectivity index (χ2v) is 3.08. The summed E-state index contributed by atoms with van der Waals surface area (Å²) in [6.07, 6.45) is -2.18. The fourth-order valence-electron chi connectivity index (χ4n) is 1.12. The molecular weight excluding hydrogens is 195 g/mol. The zero-order chi connectivity index (χ0) is 10.8. The molecule has 80 valence electrons. The van der Waals surface area contributed by atoms with Crippen molar-refractivity contribution in [3.8, 4) is 0 Å². The van der Waals surface area contributed by atoms with Gasteiger partial charge in [0, 0.05) is 0 Å². The highest BCUT2D eigenvalue weighted by Crippen LogP contribution is 2.28. The highest BCUT2D eigenvalue weighted by Gasteiger charge is 2.33. The largest absolute Gasteiger partial charge is 0.432 e. The van der Waals surface area contributed by atoms with Gasteiger partial charge in [-0.05, 0) is 6.42 Å². The number of aromatic amines is 1. The Hall–Kier alpha value is -1.04. The van der Waals surface area contributed by atoms with E-state index in [0.717, 1.165) is 12.6 Å². The van der Waals surface area contributed by atoms with Gasteiger partial charge in [-0.1, -0.05) is 13.3 Å². The van der Waals surface area contributed by atoms with Gasteiger partial charge in [0.2, 0.25) is 0 Å². The molecule has 0 fully saturated rings. The normalized spacial score (nSPS) is 14.4. The third kappa shape index (κ3) is 2.47. The van der Waals surface area contributed by atoms with Crippen molar-refractivity contribution in [3.63, 3.8) is 0 Å². The minimum Gasteiger partial charge on any atom is -0.337 e. The molecule has 1 aromatic heterocycles. The van der Waals surface area contributed by atoms with Crippen molar-refractivity contribution >= 4 is 0 Å². The molecule has 0 saturated carbocycles. The number of H-pyrrole nitrogens is 1. The Morgan fingerprint density at radius 1 is 1.57 bits per heavy atom. The molecule has 0 aliphatic heterocycles. The molecule has 1 aromatic rings. The number of imidazole rings is 1. The second kappa shape index (κ2) is 4.00. The fourth-order valence-corrected chi connectivity index (χ4v) is 1.12. The number of nitrogens with zero attached hydrogens (tertiary/aromatic N) is 1. The van der Waals surface area contributed by atoms with E-state index in [9.17, 15) is 13.2 Å². The average Bonchev–Trinajstić information content (AvgIpc) is 2.51. The molecule has 0 amide bonds. The van der Waals surface area contributed by atoms with Gasteiger partial charge in [0.15, 0.2) is 0 Å². The molecule has 6 heteroatoms. The molecule has 3 nitrogen and oxygen atoms in total. The molecule has 1 atom stereocenters. The summed E-state index contributed by atoms with van der Waals surface area (Å²) in [6, 6.07) is -0.448. The molecule has 1 heterocycles. The van der Waals surface area contributed by atoms with Crippen molar-refractivity contribution in [2.75, 3.05) is 0 Å². The first kappa shape index (κ1) is 11.0. The minimum atomic E-state index is -4.38. The summed E-state index contributed by atoms with van der Waals surface area (Å²) in [6.45, 7) is 1.91. The van der Waals surface area contributed by atoms with Crippen LogP contribution in [0.3, 0.4) is 0 Å². The molecular formula is C8H12F3N3. The third-order valence-corrected chi connectivity index (χ3v) is 1.85. The smallest absolute Gasteiger partial charge is 0.337 e. The van der Waals surface area contributed by atoms with Crippen molar-refractivity contribution in [1.82, 2.24) is 9.97 Å². The number of hydrogen-bond donors (Lipinski definition) is 2. The van der Waals surface area contributed by atoms with Crippen molar-refractivity contribution in [1.29, 1.82) is 0 Å². The Morgan fingerprint density at radius 3 is 2.64 bits per heavy atom. The predicted octanol–water partition coefficient (Wildman–Crippen LogP) is 2.23. The maximum Gasteiger partial charge on any atom is 0.432 e. The van der Waals surface area contributed by atoms with Crippen LogP contribution >= 0.6 is 0 Å². The predicted molar refractivity (Wildman–Crippen MR) is 45.4 cm³/mol. The van der Waals surface area contributed by atoms with E-state index in [2.05, 4.69) is 9.97 Å². The van der Waals surface area contributed by atoms with Crippen LogP contribution in [0.1, 0.15) is 37.3 Å². The van der Waals surface area contributed by atoms with Gasteiger partial charge >= 0.3 is 6.18 Å². The van der Waals surface area contributed by atoms with Crippen LogP contribution in [0.25, 0.3) is 0 Å². The van der Waals surface area contributed by atoms with Crippen LogP contribution < -0.4 is 5.73 Å². The lowest BCUT2D eigenvalue weighted by Crippen LogP contribution is -2.12. The first-order chi connectivity index (χ1) is 6.45. The highest BCUT2D eigenvalue weighted by atomic mass is 19.4. The van der Waals surface area contributed by atoms with E-state index in [4.69, 9.17) is 5.73 Å². The van der Waals surface area contributed by atoms with Crippen molar-refractivity contribution in [3.05, 3.63) is 17.7 Å². The molecule has 0 spiro atoms. The molecule has 0 saturated heterocycles. The molecule has 0 aliphatic rings. The molecule has 1 rings (SSSR count). The van der Waals surface area contributed by atoms with Crippen LogP contribution in [0.4, 0.5) is 13.2 Å². The van der Waals surface area contributed by atoms with Gasteiger partial charge in [-0.15, -0.1) is 0 Å². The van der Waals surface area contributed by atoms with Crippen LogP contribution in [0.2, 0.25) is 0 Å². The molecule has 0 aromatic carbocycles. The molecule has 3 N–H and O–H groups in total. The highest BCUT2D eigenvalue weighted by molar-refractivity contribution is 5.07. The van der Waals surface area contributed by atoms with E-state index in [0.29, 0.717) is 6.42 Å². The summed E-state index contributed by atoms with van der Waals surface area (Å²) in [5.74, 6) is 0.194. The summed E-state index contributed by atoms with van der Waals surface area (Å²) in [5.41, 5.74) is 4.75. The maximum absolute atomic E-state index is 12.1. The van der Waals surface area contributed by atoms with Crippen LogP contribution in [-0.2, 0) is 6.18 Å². The van der Waals surface area contributed by atoms with Gasteiger partial charge < -0.3 is 10.7 Å². The zero-order valence-corrected chi connectivity index (χ0v) is 7.73. The van der Waals surface area contributed by atoms with Crippen molar-refractivity contribution < 1.29 is 13.2 Å². The Balaban J connectivity index is 2.78. The van der Waals surface area contributed by atoms with Crippen LogP contribution in [0.15, 0.2) is 6.20 Å². The van der Waals surface area contributed by atoms with Gasteiger partial charge in [-0.2, -0.15) is 13.2 Å². The number of aromatic nitrogens is 2. The van der Waals surface area contributed by atoms with E-state index in [1.54, 1.807) is 0 Å². The van der Waals surface area contributed by atoms with Gasteiger partial charge in [-0.25, -0.2) is 4.98 Å². The maximum atomic E-state index is 12.1. The van der Waals surface area contributed by atoms with Crippen LogP contribution in [0.5, 0.6) is 0 Å². The zero-order valence-electron chi connectivity index (χ0n) is 7.73. The Morgan fingerprint density at radius 2 is 2.21 bits per heavy atom. The SMILES string of the molecule is CCCC(N)c1ncc(C(F)(F)F)[nH]1. The van der Waals surface area contributed by atoms with Gasteiger partial charge in [0.25, 0.3) is 0 Å². The van der Waals surface area contributed by atoms with E-state index in [1.807, 2.05) is 6.92 Å². The topological polar surface area (TPSA) is 54.7 Å². The third-order valence-electron chi connectivity index (χ3n) is 1.85. The summed E-state index contributed by atoms with van der Waals surface area (Å²) in [5, 5.41) is 0. The Labute approximate surface area is 79.5 Å². The number of nitrogens with two attached hydrogens (primary N) is 1. The molecule has 1 unspecified atom stereocenters. The molecule has 0 aliphatic carbocycles. The molecule has 0 radical (unpaired) electrons. The van der Waals surface area contributed by atoms with Crippen LogP contribution in [0, 0.1) is 0 Å². The van der Waals surface area contributed by atoms with E-state index in [1.165, 1.54) is 0 Å². The standard InChI is InChI=1S/C8H12F3N3/c1-2-3-5(12)7-13-4-6(14-7)8(9,10)11/h4-5H,2-3,12H2,1H3,(H,13,14). The fraction of sp³-hybridized carbons (Fsp3) is 0.625. The molecule has 14 heavy (non-hydrogen) atoms. The van der Waals surface area contributed by atoms with Gasteiger partial charge in [0.1, 0.15) is 11.5 Å². The quantitative estimate of drug-likeness (QED) is 0.798. The van der Waals surface area contributed by atoms with Crippen molar-refractivity contribution in [2.45, 2.75) is 32.0 Å². The second-order valence-electron chi connectivity index (χ2n) is 3.08. The van der Waals surface area contributed by atoms with Gasteiger partial charge in [0.05, 0.1) is 12.2 Å². The minimum absolute atomic E-state index is 0.194. The van der Waals surface area contributed by atoms with Gasteiger partial charge in [-0.3, -0.25) is 0 Å². The first-order valence-electron chi connectivity index (χ1n) is 4.32. The number of halogens is 3. The average molecular weight is 207 g/mol. The number of nitrogens with one attached hydrogen (secondary N) is 1. The number of alkyl halides is 3. The first-order valence-corrected chi connectivity index (χ1v) is 4.32.